The van der Waals surface area contributed by atoms with Crippen LogP contribution in [-0.4, -0.2) is 0 Å². The summed E-state index contributed by atoms with van der Waals surface area (Å²) in [5.74, 6) is 0. The van der Waals surface area contributed by atoms with Gasteiger partial charge in [0.25, 0.3) is 0 Å². The largest absolute Gasteiger partial charge is 0.356 e. The molecule has 0 amide bonds. The van der Waals surface area contributed by atoms with E-state index in [1.807, 2.05) is 12.1 Å². The Morgan fingerprint density at radius 3 is 0.589 bits per heavy atom. The third-order valence-electron chi connectivity index (χ3n) is 19.4. The second kappa shape index (κ2) is 32.4. The molecule has 0 spiro atoms. The van der Waals surface area contributed by atoms with Crippen LogP contribution in [0.1, 0.15) is 0 Å². The van der Waals surface area contributed by atoms with Crippen molar-refractivity contribution in [3.05, 3.63) is 447 Å². The molecule has 0 saturated heterocycles. The van der Waals surface area contributed by atoms with Crippen LogP contribution in [0.15, 0.2) is 447 Å². The maximum Gasteiger partial charge on any atom is 0.0468 e. The summed E-state index contributed by atoms with van der Waals surface area (Å²) in [6.45, 7) is 0. The molecule has 0 saturated carbocycles. The van der Waals surface area contributed by atoms with E-state index in [0.29, 0.717) is 0 Å². The van der Waals surface area contributed by atoms with E-state index in [-0.39, 0.29) is 0 Å². The van der Waals surface area contributed by atoms with Crippen LogP contribution in [0.25, 0.3) is 99.1 Å². The van der Waals surface area contributed by atoms with Crippen molar-refractivity contribution in [3.63, 3.8) is 0 Å². The second-order valence-corrected chi connectivity index (χ2v) is 27.4. The van der Waals surface area contributed by atoms with Crippen LogP contribution in [0.2, 0.25) is 0 Å². The molecule has 0 aliphatic heterocycles. The van der Waals surface area contributed by atoms with Gasteiger partial charge in [0.15, 0.2) is 0 Å². The number of fused-ring (bicyclic) bond motifs is 3. The van der Waals surface area contributed by atoms with Crippen molar-refractivity contribution in [1.29, 1.82) is 0 Å². The number of hydrogen-bond donors (Lipinski definition) is 2. The fraction of sp³-hybridized carbons (Fsp3) is 0. The maximum atomic E-state index is 3.50. The van der Waals surface area contributed by atoms with Crippen molar-refractivity contribution in [3.8, 4) is 66.8 Å². The summed E-state index contributed by atoms with van der Waals surface area (Å²) in [7, 11) is 0. The molecule has 510 valence electrons. The van der Waals surface area contributed by atoms with E-state index >= 15 is 0 Å². The normalized spacial score (nSPS) is 10.9. The van der Waals surface area contributed by atoms with Crippen LogP contribution in [0, 0.1) is 0 Å². The first-order valence-electron chi connectivity index (χ1n) is 36.2. The molecule has 0 aliphatic rings. The minimum Gasteiger partial charge on any atom is -0.356 e. The molecule has 18 aromatic carbocycles. The standard InChI is InChI=1S/C56H40N2.C36H28N2.C10H7Br/c1-3-11-41(12-4-1)45-19-29-51(30-20-45)57(55-37-27-43-15-7-9-17-49(43)39-55)53-33-23-47(24-34-53)48-25-35-54(36-26-48)58(56-38-28-44-16-8-10-18-50(44)40-56)52-31-21-46(22-32-52)42-13-5-2-6-14-42;1-3-7-27(8-4-1)29-11-19-33(20-12-29)37-35-23-15-31(16-24-35)32-17-25-36(26-18-32)38-34-21-13-30(14-22-34)28-9-5-2-6-10-28;11-10-6-5-8-3-1-2-4-9(8)7-10/h1-40H;1-26,37-38H;1-7H. The molecule has 0 aliphatic carbocycles. The van der Waals surface area contributed by atoms with E-state index < -0.39 is 0 Å². The molecular weight excluding hydrogens is 1360 g/mol. The molecule has 18 aromatic rings. The summed E-state index contributed by atoms with van der Waals surface area (Å²) in [5.41, 5.74) is 25.4. The lowest BCUT2D eigenvalue weighted by Crippen LogP contribution is -2.10. The molecule has 0 bridgehead atoms. The van der Waals surface area contributed by atoms with Gasteiger partial charge in [0.1, 0.15) is 0 Å². The minimum absolute atomic E-state index is 1.07. The van der Waals surface area contributed by atoms with Gasteiger partial charge in [0.05, 0.1) is 0 Å². The first-order chi connectivity index (χ1) is 52.9. The Morgan fingerprint density at radius 2 is 0.336 bits per heavy atom. The second-order valence-electron chi connectivity index (χ2n) is 26.4. The zero-order valence-electron chi connectivity index (χ0n) is 58.9. The third-order valence-corrected chi connectivity index (χ3v) is 19.9. The molecule has 0 fully saturated rings. The molecule has 18 rings (SSSR count). The number of rotatable bonds is 16. The van der Waals surface area contributed by atoms with Crippen molar-refractivity contribution in [2.75, 3.05) is 20.4 Å². The van der Waals surface area contributed by atoms with Gasteiger partial charge in [0.2, 0.25) is 0 Å². The molecule has 4 nitrogen and oxygen atoms in total. The van der Waals surface area contributed by atoms with Crippen LogP contribution in [0.5, 0.6) is 0 Å². The van der Waals surface area contributed by atoms with Crippen molar-refractivity contribution in [2.24, 2.45) is 0 Å². The van der Waals surface area contributed by atoms with Gasteiger partial charge in [-0.1, -0.05) is 325 Å². The van der Waals surface area contributed by atoms with Gasteiger partial charge in [-0.2, -0.15) is 0 Å². The molecular formula is C102H75BrN4. The predicted octanol–water partition coefficient (Wildman–Crippen LogP) is 29.7. The van der Waals surface area contributed by atoms with E-state index in [0.717, 1.165) is 72.5 Å². The van der Waals surface area contributed by atoms with Gasteiger partial charge in [-0.15, -0.1) is 0 Å². The Morgan fingerprint density at radius 1 is 0.150 bits per heavy atom. The van der Waals surface area contributed by atoms with Crippen LogP contribution in [-0.2, 0) is 0 Å². The van der Waals surface area contributed by atoms with E-state index in [9.17, 15) is 0 Å². The summed E-state index contributed by atoms with van der Waals surface area (Å²) in [4.78, 5) is 4.69. The van der Waals surface area contributed by atoms with Crippen molar-refractivity contribution in [1.82, 2.24) is 0 Å². The average molecular weight is 1440 g/mol. The number of benzene rings is 18. The molecule has 107 heavy (non-hydrogen) atoms. The summed E-state index contributed by atoms with van der Waals surface area (Å²) in [6, 6.07) is 157. The van der Waals surface area contributed by atoms with Crippen molar-refractivity contribution < 1.29 is 0 Å². The molecule has 0 radical (unpaired) electrons. The zero-order valence-corrected chi connectivity index (χ0v) is 60.5. The quantitative estimate of drug-likeness (QED) is 0.101. The van der Waals surface area contributed by atoms with Gasteiger partial charge >= 0.3 is 0 Å². The Bertz CT molecular complexity index is 5590. The Hall–Kier alpha value is -13.6. The van der Waals surface area contributed by atoms with Crippen LogP contribution < -0.4 is 20.4 Å². The fourth-order valence-corrected chi connectivity index (χ4v) is 14.1. The molecule has 5 heteroatoms. The smallest absolute Gasteiger partial charge is 0.0468 e. The highest BCUT2D eigenvalue weighted by Crippen LogP contribution is 2.42. The monoisotopic (exact) mass is 1430 g/mol. The summed E-state index contributed by atoms with van der Waals surface area (Å²) >= 11 is 3.43. The van der Waals surface area contributed by atoms with Crippen LogP contribution in [0.4, 0.5) is 56.9 Å². The van der Waals surface area contributed by atoms with Gasteiger partial charge in [0, 0.05) is 61.3 Å². The van der Waals surface area contributed by atoms with Gasteiger partial charge in [-0.05, 0) is 233 Å². The van der Waals surface area contributed by atoms with E-state index in [4.69, 9.17) is 0 Å². The molecule has 0 atom stereocenters. The van der Waals surface area contributed by atoms with Gasteiger partial charge in [-0.25, -0.2) is 0 Å². The SMILES string of the molecule is Brc1ccc2ccccc2c1.c1ccc(-c2ccc(N(c3ccc(-c4ccc(N(c5ccc(-c6ccccc6)cc5)c5ccc6ccccc6c5)cc4)cc3)c3ccc4ccccc4c3)cc2)cc1.c1ccc(-c2ccc(Nc3ccc(-c4ccc(Nc5ccc(-c6ccccc6)cc5)cc4)cc3)cc2)cc1. The lowest BCUT2D eigenvalue weighted by Gasteiger charge is -2.27. The molecule has 0 heterocycles. The maximum absolute atomic E-state index is 3.50. The van der Waals surface area contributed by atoms with E-state index in [1.54, 1.807) is 0 Å². The van der Waals surface area contributed by atoms with Crippen molar-refractivity contribution >= 4 is 105 Å². The average Bonchev–Trinajstić information content (AvgIpc) is 0.788. The van der Waals surface area contributed by atoms with Gasteiger partial charge in [-0.3, -0.25) is 0 Å². The first-order valence-corrected chi connectivity index (χ1v) is 37.0. The Labute approximate surface area is 635 Å². The number of hydrogen-bond acceptors (Lipinski definition) is 4. The number of halogens is 1. The highest BCUT2D eigenvalue weighted by Gasteiger charge is 2.17. The molecule has 0 unspecified atom stereocenters. The van der Waals surface area contributed by atoms with Crippen LogP contribution >= 0.6 is 15.9 Å². The van der Waals surface area contributed by atoms with Gasteiger partial charge < -0.3 is 20.4 Å². The zero-order chi connectivity index (χ0) is 71.9. The Kier molecular flexibility index (Phi) is 20.5. The fourth-order valence-electron chi connectivity index (χ4n) is 13.7. The number of anilines is 10. The highest BCUT2D eigenvalue weighted by molar-refractivity contribution is 9.10. The third kappa shape index (κ3) is 16.4. The molecule has 2 N–H and O–H groups in total. The topological polar surface area (TPSA) is 30.5 Å². The summed E-state index contributed by atoms with van der Waals surface area (Å²) in [5, 5.41) is 14.5. The summed E-state index contributed by atoms with van der Waals surface area (Å²) < 4.78 is 1.14. The molecule has 0 aromatic heterocycles. The number of nitrogens with one attached hydrogen (secondary N) is 2. The summed E-state index contributed by atoms with van der Waals surface area (Å²) in [6.07, 6.45) is 0. The Balaban J connectivity index is 0.000000152. The van der Waals surface area contributed by atoms with E-state index in [2.05, 4.69) is 467 Å². The highest BCUT2D eigenvalue weighted by atomic mass is 79.9. The predicted molar refractivity (Wildman–Crippen MR) is 461 cm³/mol. The minimum atomic E-state index is 1.07. The lowest BCUT2D eigenvalue weighted by molar-refractivity contribution is 1.28. The van der Waals surface area contributed by atoms with Crippen LogP contribution in [0.3, 0.4) is 0 Å². The lowest BCUT2D eigenvalue weighted by atomic mass is 10.0. The van der Waals surface area contributed by atoms with E-state index in [1.165, 1.54) is 88.0 Å². The van der Waals surface area contributed by atoms with Crippen molar-refractivity contribution in [2.45, 2.75) is 0 Å². The number of nitrogens with zero attached hydrogens (tertiary/aromatic N) is 2. The first kappa shape index (κ1) is 67.9.